The maximum absolute atomic E-state index is 14.2. The highest BCUT2D eigenvalue weighted by Gasteiger charge is 2.40. The number of aromatic hydroxyl groups is 9. The van der Waals surface area contributed by atoms with Gasteiger partial charge >= 0.3 is 0 Å². The van der Waals surface area contributed by atoms with Gasteiger partial charge in [-0.3, -0.25) is 0 Å². The number of rotatable bonds is 3. The molecule has 0 saturated carbocycles. The fourth-order valence-corrected chi connectivity index (χ4v) is 5.67. The maximum atomic E-state index is 14.2. The molecule has 0 fully saturated rings. The average molecular weight is 422 g/mol. The average Bonchev–Trinajstić information content (AvgIpc) is 2.68. The molecule has 0 aromatic heterocycles. The van der Waals surface area contributed by atoms with E-state index in [9.17, 15) is 50.5 Å². The molecular weight excluding hydrogens is 407 g/mol. The molecule has 10 nitrogen and oxygen atoms in total. The molecule has 29 heavy (non-hydrogen) atoms. The van der Waals surface area contributed by atoms with Gasteiger partial charge in [0.15, 0.2) is 41.6 Å². The Morgan fingerprint density at radius 1 is 0.414 bits per heavy atom. The predicted octanol–water partition coefficient (Wildman–Crippen LogP) is 0.676. The van der Waals surface area contributed by atoms with Gasteiger partial charge in [0, 0.05) is 0 Å². The lowest BCUT2D eigenvalue weighted by Gasteiger charge is -2.23. The molecule has 0 unspecified atom stereocenters. The molecule has 0 saturated heterocycles. The van der Waals surface area contributed by atoms with E-state index in [1.165, 1.54) is 0 Å². The summed E-state index contributed by atoms with van der Waals surface area (Å²) in [6.07, 6.45) is 0. The minimum atomic E-state index is -4.59. The quantitative estimate of drug-likeness (QED) is 0.213. The summed E-state index contributed by atoms with van der Waals surface area (Å²) in [6.45, 7) is 0. The van der Waals surface area contributed by atoms with E-state index in [1.54, 1.807) is 0 Å². The van der Waals surface area contributed by atoms with Gasteiger partial charge in [0.05, 0.1) is 15.9 Å². The van der Waals surface area contributed by atoms with Crippen molar-refractivity contribution in [2.45, 2.75) is 0 Å². The van der Waals surface area contributed by atoms with Crippen LogP contribution in [0.1, 0.15) is 0 Å². The van der Waals surface area contributed by atoms with Crippen LogP contribution in [0.25, 0.3) is 0 Å². The Morgan fingerprint density at radius 2 is 0.655 bits per heavy atom. The van der Waals surface area contributed by atoms with E-state index in [0.717, 1.165) is 36.4 Å². The largest absolute Gasteiger partial charge is 0.504 e. The van der Waals surface area contributed by atoms with Crippen molar-refractivity contribution in [2.75, 3.05) is 0 Å². The van der Waals surface area contributed by atoms with E-state index in [-0.39, 0.29) is 0 Å². The van der Waals surface area contributed by atoms with Gasteiger partial charge in [0.2, 0.25) is 17.2 Å². The molecule has 11 heteroatoms. The van der Waals surface area contributed by atoms with Crippen molar-refractivity contribution >= 4 is 23.1 Å². The number of phenols is 9. The van der Waals surface area contributed by atoms with E-state index in [1.807, 2.05) is 0 Å². The zero-order valence-electron chi connectivity index (χ0n) is 14.3. The molecule has 0 radical (unpaired) electrons. The summed E-state index contributed by atoms with van der Waals surface area (Å²) in [7, 11) is -4.59. The van der Waals surface area contributed by atoms with E-state index < -0.39 is 74.8 Å². The molecule has 9 N–H and O–H groups in total. The molecule has 152 valence electrons. The van der Waals surface area contributed by atoms with Gasteiger partial charge in [-0.05, 0) is 36.4 Å². The predicted molar refractivity (Wildman–Crippen MR) is 101 cm³/mol. The van der Waals surface area contributed by atoms with E-state index in [4.69, 9.17) is 0 Å². The second-order valence-corrected chi connectivity index (χ2v) is 8.68. The van der Waals surface area contributed by atoms with Crippen LogP contribution in [0.15, 0.2) is 36.4 Å². The van der Waals surface area contributed by atoms with Crippen molar-refractivity contribution in [3.63, 3.8) is 0 Å². The molecule has 0 amide bonds. The lowest BCUT2D eigenvalue weighted by atomic mass is 10.3. The van der Waals surface area contributed by atoms with Gasteiger partial charge in [-0.15, -0.1) is 0 Å². The Labute approximate surface area is 162 Å². The normalized spacial score (nSPS) is 11.4. The first-order valence-electron chi connectivity index (χ1n) is 7.85. The van der Waals surface area contributed by atoms with Gasteiger partial charge in [-0.1, -0.05) is 0 Å². The number of hydrogen-bond donors (Lipinski definition) is 9. The van der Waals surface area contributed by atoms with E-state index >= 15 is 0 Å². The smallest absolute Gasteiger partial charge is 0.201 e. The van der Waals surface area contributed by atoms with Crippen LogP contribution in [0, 0.1) is 0 Å². The summed E-state index contributed by atoms with van der Waals surface area (Å²) in [4.78, 5) is 0. The highest BCUT2D eigenvalue weighted by Crippen LogP contribution is 2.55. The van der Waals surface area contributed by atoms with Crippen LogP contribution in [0.3, 0.4) is 0 Å². The van der Waals surface area contributed by atoms with Gasteiger partial charge < -0.3 is 50.5 Å². The van der Waals surface area contributed by atoms with Gasteiger partial charge in [-0.2, -0.15) is 0 Å². The molecule has 0 atom stereocenters. The van der Waals surface area contributed by atoms with Crippen LogP contribution < -0.4 is 15.9 Å². The molecule has 0 aliphatic heterocycles. The second-order valence-electron chi connectivity index (χ2n) is 6.01. The van der Waals surface area contributed by atoms with Crippen LogP contribution in [-0.2, 0) is 4.57 Å². The minimum Gasteiger partial charge on any atom is -0.504 e. The highest BCUT2D eigenvalue weighted by atomic mass is 31.2. The lowest BCUT2D eigenvalue weighted by molar-refractivity contribution is 0.368. The summed E-state index contributed by atoms with van der Waals surface area (Å²) in [6, 6.07) is 5.43. The summed E-state index contributed by atoms with van der Waals surface area (Å²) < 4.78 is 14.2. The summed E-state index contributed by atoms with van der Waals surface area (Å²) in [5.41, 5.74) is 0. The Balaban J connectivity index is 2.51. The Morgan fingerprint density at radius 3 is 0.897 bits per heavy atom. The third-order valence-electron chi connectivity index (χ3n) is 4.34. The number of benzene rings is 3. The summed E-state index contributed by atoms with van der Waals surface area (Å²) >= 11 is 0. The topological polar surface area (TPSA) is 199 Å². The van der Waals surface area contributed by atoms with E-state index in [2.05, 4.69) is 0 Å². The first-order valence-corrected chi connectivity index (χ1v) is 9.55. The Hall–Kier alpha value is -3.91. The molecule has 0 heterocycles. The standard InChI is InChI=1S/C18H15O10P/c19-7-1-4-10(16(25)13(7)22)29(28,11-5-2-8(20)14(23)17(11)26)12-6-3-9(21)15(24)18(12)27/h1-6,19-27H. The fourth-order valence-electron chi connectivity index (χ4n) is 2.83. The fraction of sp³-hybridized carbons (Fsp3) is 0. The van der Waals surface area contributed by atoms with Gasteiger partial charge in [0.25, 0.3) is 0 Å². The second kappa shape index (κ2) is 6.61. The highest BCUT2D eigenvalue weighted by molar-refractivity contribution is 7.85. The first-order chi connectivity index (χ1) is 13.5. The van der Waals surface area contributed by atoms with Crippen LogP contribution in [-0.4, -0.2) is 46.0 Å². The molecule has 3 aromatic carbocycles. The third-order valence-corrected chi connectivity index (χ3v) is 7.46. The Bertz CT molecular complexity index is 1040. The van der Waals surface area contributed by atoms with Crippen molar-refractivity contribution in [1.82, 2.24) is 0 Å². The van der Waals surface area contributed by atoms with Crippen molar-refractivity contribution < 1.29 is 50.5 Å². The van der Waals surface area contributed by atoms with Crippen LogP contribution in [0.5, 0.6) is 51.7 Å². The third kappa shape index (κ3) is 2.77. The van der Waals surface area contributed by atoms with Crippen LogP contribution in [0.2, 0.25) is 0 Å². The zero-order valence-corrected chi connectivity index (χ0v) is 15.2. The maximum Gasteiger partial charge on any atom is 0.201 e. The van der Waals surface area contributed by atoms with Crippen molar-refractivity contribution in [3.8, 4) is 51.7 Å². The summed E-state index contributed by atoms with van der Waals surface area (Å²) in [5.74, 6) is -8.60. The first kappa shape index (κ1) is 19.8. The van der Waals surface area contributed by atoms with Crippen LogP contribution in [0.4, 0.5) is 0 Å². The molecular formula is C18H15O10P. The molecule has 3 aromatic rings. The van der Waals surface area contributed by atoms with Crippen molar-refractivity contribution in [1.29, 1.82) is 0 Å². The monoisotopic (exact) mass is 422 g/mol. The van der Waals surface area contributed by atoms with Crippen LogP contribution >= 0.6 is 7.14 Å². The van der Waals surface area contributed by atoms with E-state index in [0.29, 0.717) is 0 Å². The Kier molecular flexibility index (Phi) is 4.52. The molecule has 3 rings (SSSR count). The molecule has 0 bridgehead atoms. The van der Waals surface area contributed by atoms with Crippen molar-refractivity contribution in [3.05, 3.63) is 36.4 Å². The van der Waals surface area contributed by atoms with Gasteiger partial charge in [-0.25, -0.2) is 0 Å². The number of phenolic OH excluding ortho intramolecular Hbond substituents is 9. The molecule has 0 aliphatic rings. The summed E-state index contributed by atoms with van der Waals surface area (Å²) in [5, 5.41) is 87.4. The lowest BCUT2D eigenvalue weighted by Crippen LogP contribution is -2.26. The number of hydrogen-bond acceptors (Lipinski definition) is 10. The zero-order chi connectivity index (χ0) is 21.7. The molecule has 0 spiro atoms. The van der Waals surface area contributed by atoms with Crippen molar-refractivity contribution in [2.24, 2.45) is 0 Å². The SMILES string of the molecule is O=P(c1ccc(O)c(O)c1O)(c1ccc(O)c(O)c1O)c1ccc(O)c(O)c1O. The minimum absolute atomic E-state index is 0.589. The van der Waals surface area contributed by atoms with Gasteiger partial charge in [0.1, 0.15) is 0 Å². The molecule has 0 aliphatic carbocycles.